The van der Waals surface area contributed by atoms with Crippen LogP contribution in [0.2, 0.25) is 0 Å². The van der Waals surface area contributed by atoms with Crippen LogP contribution < -0.4 is 11.3 Å². The second kappa shape index (κ2) is 5.86. The molecule has 0 aliphatic carbocycles. The van der Waals surface area contributed by atoms with Crippen molar-refractivity contribution in [3.05, 3.63) is 46.2 Å². The first kappa shape index (κ1) is 12.2. The summed E-state index contributed by atoms with van der Waals surface area (Å²) in [7, 11) is 0. The van der Waals surface area contributed by atoms with Crippen LogP contribution in [0.5, 0.6) is 0 Å². The monoisotopic (exact) mass is 248 g/mol. The number of rotatable bonds is 5. The largest absolute Gasteiger partial charge is 0.271 e. The van der Waals surface area contributed by atoms with Crippen molar-refractivity contribution in [1.82, 2.24) is 15.4 Å². The molecule has 0 radical (unpaired) electrons. The predicted molar refractivity (Wildman–Crippen MR) is 69.5 cm³/mol. The van der Waals surface area contributed by atoms with Crippen LogP contribution in [0.3, 0.4) is 0 Å². The number of hydrogen-bond acceptors (Lipinski definition) is 5. The maximum absolute atomic E-state index is 5.55. The predicted octanol–water partition coefficient (Wildman–Crippen LogP) is 1.85. The van der Waals surface area contributed by atoms with Gasteiger partial charge in [0, 0.05) is 23.7 Å². The summed E-state index contributed by atoms with van der Waals surface area (Å²) < 4.78 is 0. The van der Waals surface area contributed by atoms with Gasteiger partial charge < -0.3 is 0 Å². The molecule has 2 aromatic heterocycles. The van der Waals surface area contributed by atoms with E-state index in [1.54, 1.807) is 11.3 Å². The minimum Gasteiger partial charge on any atom is -0.271 e. The molecule has 0 fully saturated rings. The number of pyridine rings is 1. The van der Waals surface area contributed by atoms with Gasteiger partial charge in [0.2, 0.25) is 0 Å². The number of nitrogens with two attached hydrogens (primary N) is 1. The van der Waals surface area contributed by atoms with Gasteiger partial charge in [-0.25, -0.2) is 4.98 Å². The van der Waals surface area contributed by atoms with E-state index >= 15 is 0 Å². The molecule has 2 aromatic rings. The SMILES string of the molecule is CCc1ccc(CC(NN)c2cscn2)nc1. The van der Waals surface area contributed by atoms with Crippen molar-refractivity contribution in [3.8, 4) is 0 Å². The zero-order valence-corrected chi connectivity index (χ0v) is 10.6. The normalized spacial score (nSPS) is 12.6. The van der Waals surface area contributed by atoms with Gasteiger partial charge in [0.15, 0.2) is 0 Å². The Hall–Kier alpha value is -1.30. The lowest BCUT2D eigenvalue weighted by Gasteiger charge is -2.13. The van der Waals surface area contributed by atoms with Crippen molar-refractivity contribution >= 4 is 11.3 Å². The molecule has 5 heteroatoms. The molecule has 2 heterocycles. The summed E-state index contributed by atoms with van der Waals surface area (Å²) in [5.41, 5.74) is 7.85. The Balaban J connectivity index is 2.07. The van der Waals surface area contributed by atoms with Crippen LogP contribution in [0.15, 0.2) is 29.2 Å². The van der Waals surface area contributed by atoms with Gasteiger partial charge in [0.05, 0.1) is 17.2 Å². The van der Waals surface area contributed by atoms with Gasteiger partial charge >= 0.3 is 0 Å². The Morgan fingerprint density at radius 3 is 2.82 bits per heavy atom. The first-order valence-electron chi connectivity index (χ1n) is 5.61. The van der Waals surface area contributed by atoms with Gasteiger partial charge in [-0.2, -0.15) is 0 Å². The first-order valence-corrected chi connectivity index (χ1v) is 6.55. The fraction of sp³-hybridized carbons (Fsp3) is 0.333. The molecule has 90 valence electrons. The molecule has 0 saturated heterocycles. The Morgan fingerprint density at radius 1 is 1.41 bits per heavy atom. The van der Waals surface area contributed by atoms with E-state index in [2.05, 4.69) is 34.5 Å². The molecule has 17 heavy (non-hydrogen) atoms. The first-order chi connectivity index (χ1) is 8.33. The van der Waals surface area contributed by atoms with Crippen LogP contribution in [-0.4, -0.2) is 9.97 Å². The third-order valence-electron chi connectivity index (χ3n) is 2.72. The van der Waals surface area contributed by atoms with E-state index in [4.69, 9.17) is 5.84 Å². The van der Waals surface area contributed by atoms with Gasteiger partial charge in [-0.05, 0) is 18.1 Å². The number of aromatic nitrogens is 2. The minimum atomic E-state index is 0.0289. The number of nitrogens with one attached hydrogen (secondary N) is 1. The topological polar surface area (TPSA) is 63.8 Å². The fourth-order valence-electron chi connectivity index (χ4n) is 1.64. The van der Waals surface area contributed by atoms with Gasteiger partial charge in [-0.1, -0.05) is 13.0 Å². The molecule has 0 aromatic carbocycles. The Morgan fingerprint density at radius 2 is 2.29 bits per heavy atom. The number of aryl methyl sites for hydroxylation is 1. The lowest BCUT2D eigenvalue weighted by Crippen LogP contribution is -2.30. The van der Waals surface area contributed by atoms with Gasteiger partial charge in [-0.3, -0.25) is 16.3 Å². The summed E-state index contributed by atoms with van der Waals surface area (Å²) in [5.74, 6) is 5.55. The quantitative estimate of drug-likeness (QED) is 0.626. The highest BCUT2D eigenvalue weighted by atomic mass is 32.1. The van der Waals surface area contributed by atoms with Crippen LogP contribution in [0.25, 0.3) is 0 Å². The summed E-state index contributed by atoms with van der Waals surface area (Å²) in [4.78, 5) is 8.69. The van der Waals surface area contributed by atoms with E-state index in [-0.39, 0.29) is 6.04 Å². The number of thiazole rings is 1. The van der Waals surface area contributed by atoms with Crippen molar-refractivity contribution < 1.29 is 0 Å². The summed E-state index contributed by atoms with van der Waals surface area (Å²) in [6.07, 6.45) is 3.69. The smallest absolute Gasteiger partial charge is 0.0795 e. The molecule has 1 unspecified atom stereocenters. The third kappa shape index (κ3) is 3.09. The molecule has 0 aliphatic heterocycles. The second-order valence-corrected chi connectivity index (χ2v) is 4.57. The standard InChI is InChI=1S/C12H16N4S/c1-2-9-3-4-10(14-6-9)5-11(16-13)12-7-17-8-15-12/h3-4,6-8,11,16H,2,5,13H2,1H3. The third-order valence-corrected chi connectivity index (χ3v) is 3.32. The molecule has 0 bridgehead atoms. The van der Waals surface area contributed by atoms with Crippen LogP contribution >= 0.6 is 11.3 Å². The van der Waals surface area contributed by atoms with E-state index in [1.165, 1.54) is 5.56 Å². The maximum atomic E-state index is 5.55. The molecule has 3 N–H and O–H groups in total. The highest BCUT2D eigenvalue weighted by Gasteiger charge is 2.12. The lowest BCUT2D eigenvalue weighted by molar-refractivity contribution is 0.535. The highest BCUT2D eigenvalue weighted by Crippen LogP contribution is 2.16. The van der Waals surface area contributed by atoms with Crippen LogP contribution in [-0.2, 0) is 12.8 Å². The molecule has 1 atom stereocenters. The van der Waals surface area contributed by atoms with E-state index in [0.717, 1.165) is 24.2 Å². The maximum Gasteiger partial charge on any atom is 0.0795 e. The van der Waals surface area contributed by atoms with E-state index in [1.807, 2.05) is 17.1 Å². The van der Waals surface area contributed by atoms with E-state index < -0.39 is 0 Å². The summed E-state index contributed by atoms with van der Waals surface area (Å²) >= 11 is 1.57. The summed E-state index contributed by atoms with van der Waals surface area (Å²) in [5, 5.41) is 2.00. The van der Waals surface area contributed by atoms with Gasteiger partial charge in [0.25, 0.3) is 0 Å². The molecule has 0 saturated carbocycles. The summed E-state index contributed by atoms with van der Waals surface area (Å²) in [6.45, 7) is 2.12. The Bertz CT molecular complexity index is 438. The van der Waals surface area contributed by atoms with Gasteiger partial charge in [0.1, 0.15) is 0 Å². The molecule has 4 nitrogen and oxygen atoms in total. The second-order valence-electron chi connectivity index (χ2n) is 3.85. The van der Waals surface area contributed by atoms with Crippen LogP contribution in [0, 0.1) is 0 Å². The number of hydrazine groups is 1. The molecular formula is C12H16N4S. The van der Waals surface area contributed by atoms with Crippen molar-refractivity contribution in [2.24, 2.45) is 5.84 Å². The molecule has 0 aliphatic rings. The Kier molecular flexibility index (Phi) is 4.19. The minimum absolute atomic E-state index is 0.0289. The number of hydrogen-bond donors (Lipinski definition) is 2. The zero-order valence-electron chi connectivity index (χ0n) is 9.76. The summed E-state index contributed by atoms with van der Waals surface area (Å²) in [6, 6.07) is 4.19. The van der Waals surface area contributed by atoms with Crippen LogP contribution in [0.1, 0.15) is 29.9 Å². The van der Waals surface area contributed by atoms with Crippen molar-refractivity contribution in [2.45, 2.75) is 25.8 Å². The average Bonchev–Trinajstić information content (AvgIpc) is 2.90. The van der Waals surface area contributed by atoms with Gasteiger partial charge in [-0.15, -0.1) is 11.3 Å². The highest BCUT2D eigenvalue weighted by molar-refractivity contribution is 7.07. The van der Waals surface area contributed by atoms with Crippen LogP contribution in [0.4, 0.5) is 0 Å². The van der Waals surface area contributed by atoms with Crippen molar-refractivity contribution in [2.75, 3.05) is 0 Å². The van der Waals surface area contributed by atoms with E-state index in [9.17, 15) is 0 Å². The average molecular weight is 248 g/mol. The molecule has 2 rings (SSSR count). The van der Waals surface area contributed by atoms with E-state index in [0.29, 0.717) is 0 Å². The molecule has 0 amide bonds. The fourth-order valence-corrected chi connectivity index (χ4v) is 2.24. The molecular weight excluding hydrogens is 232 g/mol. The van der Waals surface area contributed by atoms with Crippen molar-refractivity contribution in [1.29, 1.82) is 0 Å². The number of nitrogens with zero attached hydrogens (tertiary/aromatic N) is 2. The Labute approximate surface area is 105 Å². The zero-order chi connectivity index (χ0) is 12.1. The lowest BCUT2D eigenvalue weighted by atomic mass is 10.1. The van der Waals surface area contributed by atoms with Crippen molar-refractivity contribution in [3.63, 3.8) is 0 Å². The molecule has 0 spiro atoms.